The van der Waals surface area contributed by atoms with E-state index in [0.717, 1.165) is 0 Å². The van der Waals surface area contributed by atoms with Gasteiger partial charge in [0.05, 0.1) is 18.7 Å². The van der Waals surface area contributed by atoms with Gasteiger partial charge in [0.25, 0.3) is 6.43 Å². The van der Waals surface area contributed by atoms with E-state index in [9.17, 15) is 13.6 Å². The summed E-state index contributed by atoms with van der Waals surface area (Å²) in [5.41, 5.74) is 0.245. The maximum absolute atomic E-state index is 13.1. The first-order valence-corrected chi connectivity index (χ1v) is 7.08. The van der Waals surface area contributed by atoms with Crippen LogP contribution in [0.4, 0.5) is 8.78 Å². The lowest BCUT2D eigenvalue weighted by Crippen LogP contribution is -2.12. The summed E-state index contributed by atoms with van der Waals surface area (Å²) in [7, 11) is 0. The van der Waals surface area contributed by atoms with E-state index < -0.39 is 12.4 Å². The molecule has 0 atom stereocenters. The molecule has 0 unspecified atom stereocenters. The van der Waals surface area contributed by atoms with Gasteiger partial charge in [0, 0.05) is 21.6 Å². The molecule has 1 heterocycles. The van der Waals surface area contributed by atoms with Gasteiger partial charge >= 0.3 is 5.97 Å². The van der Waals surface area contributed by atoms with Crippen molar-refractivity contribution in [3.8, 4) is 0 Å². The number of carbonyl (C=O) groups excluding carboxylic acids is 1. The zero-order chi connectivity index (χ0) is 13.7. The van der Waals surface area contributed by atoms with Gasteiger partial charge in [0.2, 0.25) is 0 Å². The lowest BCUT2D eigenvalue weighted by Gasteiger charge is -2.13. The number of pyridine rings is 1. The summed E-state index contributed by atoms with van der Waals surface area (Å²) in [5.74, 6) is -0.535. The van der Waals surface area contributed by atoms with Gasteiger partial charge in [-0.3, -0.25) is 9.78 Å². The number of aromatic nitrogens is 1. The number of alkyl halides is 3. The Morgan fingerprint density at radius 2 is 2.22 bits per heavy atom. The fourth-order valence-electron chi connectivity index (χ4n) is 1.49. The molecule has 0 fully saturated rings. The minimum absolute atomic E-state index is 0.198. The van der Waals surface area contributed by atoms with Crippen LogP contribution >= 0.6 is 31.9 Å². The fourth-order valence-corrected chi connectivity index (χ4v) is 2.39. The van der Waals surface area contributed by atoms with Gasteiger partial charge in [0.15, 0.2) is 0 Å². The number of halogens is 4. The molecule has 0 aliphatic carbocycles. The zero-order valence-electron chi connectivity index (χ0n) is 9.55. The number of hydrogen-bond donors (Lipinski definition) is 0. The van der Waals surface area contributed by atoms with Gasteiger partial charge in [-0.15, -0.1) is 0 Å². The Balaban J connectivity index is 3.18. The molecule has 100 valence electrons. The molecule has 3 nitrogen and oxygen atoms in total. The first-order chi connectivity index (χ1) is 8.51. The quantitative estimate of drug-likeness (QED) is 0.571. The minimum Gasteiger partial charge on any atom is -0.466 e. The van der Waals surface area contributed by atoms with E-state index in [2.05, 4.69) is 36.8 Å². The molecule has 0 saturated carbocycles. The monoisotopic (exact) mass is 385 g/mol. The minimum atomic E-state index is -2.69. The van der Waals surface area contributed by atoms with E-state index in [1.807, 2.05) is 0 Å². The molecule has 1 aromatic rings. The average Bonchev–Trinajstić information content (AvgIpc) is 2.31. The van der Waals surface area contributed by atoms with Crippen LogP contribution in [-0.4, -0.2) is 17.6 Å². The van der Waals surface area contributed by atoms with Gasteiger partial charge in [-0.1, -0.05) is 15.9 Å². The first kappa shape index (κ1) is 15.5. The van der Waals surface area contributed by atoms with Crippen LogP contribution in [0.5, 0.6) is 0 Å². The highest BCUT2D eigenvalue weighted by atomic mass is 79.9. The van der Waals surface area contributed by atoms with E-state index in [1.165, 1.54) is 6.20 Å². The van der Waals surface area contributed by atoms with Crippen LogP contribution in [0, 0.1) is 0 Å². The van der Waals surface area contributed by atoms with Crippen molar-refractivity contribution in [3.05, 3.63) is 27.5 Å². The van der Waals surface area contributed by atoms with Crippen LogP contribution in [0.2, 0.25) is 0 Å². The number of rotatable bonds is 5. The number of carbonyl (C=O) groups is 1. The van der Waals surface area contributed by atoms with Gasteiger partial charge in [-0.25, -0.2) is 8.78 Å². The molecule has 0 bridgehead atoms. The lowest BCUT2D eigenvalue weighted by molar-refractivity contribution is -0.142. The Morgan fingerprint density at radius 1 is 1.56 bits per heavy atom. The third kappa shape index (κ3) is 3.71. The molecular weight excluding hydrogens is 376 g/mol. The van der Waals surface area contributed by atoms with E-state index in [1.54, 1.807) is 6.92 Å². The maximum Gasteiger partial charge on any atom is 0.310 e. The molecular formula is C11H11Br2F2NO2. The predicted octanol–water partition coefficient (Wildman–Crippen LogP) is 3.78. The third-order valence-electron chi connectivity index (χ3n) is 2.23. The smallest absolute Gasteiger partial charge is 0.310 e. The Hall–Kier alpha value is -0.560. The number of ether oxygens (including phenoxy) is 1. The fraction of sp³-hybridized carbons (Fsp3) is 0.455. The Kier molecular flexibility index (Phi) is 6.14. The van der Waals surface area contributed by atoms with Crippen molar-refractivity contribution in [1.29, 1.82) is 0 Å². The van der Waals surface area contributed by atoms with Crippen LogP contribution < -0.4 is 0 Å². The van der Waals surface area contributed by atoms with Crippen molar-refractivity contribution >= 4 is 37.8 Å². The molecule has 1 aromatic heterocycles. The van der Waals surface area contributed by atoms with Gasteiger partial charge in [-0.05, 0) is 28.4 Å². The van der Waals surface area contributed by atoms with E-state index >= 15 is 0 Å². The summed E-state index contributed by atoms with van der Waals surface area (Å²) in [4.78, 5) is 15.3. The number of nitrogens with zero attached hydrogens (tertiary/aromatic N) is 1. The molecule has 1 rings (SSSR count). The van der Waals surface area contributed by atoms with Crippen molar-refractivity contribution in [1.82, 2.24) is 4.98 Å². The standard InChI is InChI=1S/C11H11Br2F2NO2/c1-2-18-9(17)3-6-7(13)5-16-8(4-12)10(6)11(14)15/h5,11H,2-4H2,1H3. The summed E-state index contributed by atoms with van der Waals surface area (Å²) in [6.45, 7) is 1.88. The highest BCUT2D eigenvalue weighted by molar-refractivity contribution is 9.10. The molecule has 0 aliphatic heterocycles. The van der Waals surface area contributed by atoms with Crippen molar-refractivity contribution in [3.63, 3.8) is 0 Å². The SMILES string of the molecule is CCOC(=O)Cc1c(Br)cnc(CBr)c1C(F)F. The summed E-state index contributed by atoms with van der Waals surface area (Å²) in [5, 5.41) is 0.204. The molecule has 0 radical (unpaired) electrons. The van der Waals surface area contributed by atoms with Crippen LogP contribution in [0.15, 0.2) is 10.7 Å². The molecule has 0 aliphatic rings. The van der Waals surface area contributed by atoms with E-state index in [4.69, 9.17) is 4.74 Å². The summed E-state index contributed by atoms with van der Waals surface area (Å²) < 4.78 is 31.3. The van der Waals surface area contributed by atoms with Crippen molar-refractivity contribution in [2.45, 2.75) is 25.1 Å². The first-order valence-electron chi connectivity index (χ1n) is 5.17. The highest BCUT2D eigenvalue weighted by Crippen LogP contribution is 2.32. The van der Waals surface area contributed by atoms with Gasteiger partial charge in [-0.2, -0.15) is 0 Å². The molecule has 0 aromatic carbocycles. The Labute approximate surface area is 120 Å². The van der Waals surface area contributed by atoms with Crippen LogP contribution in [-0.2, 0) is 21.3 Å². The lowest BCUT2D eigenvalue weighted by atomic mass is 10.0. The maximum atomic E-state index is 13.1. The molecule has 7 heteroatoms. The van der Waals surface area contributed by atoms with Crippen molar-refractivity contribution in [2.75, 3.05) is 6.61 Å². The van der Waals surface area contributed by atoms with E-state index in [0.29, 0.717) is 4.47 Å². The van der Waals surface area contributed by atoms with Crippen LogP contribution in [0.1, 0.15) is 30.2 Å². The average molecular weight is 387 g/mol. The number of esters is 1. The largest absolute Gasteiger partial charge is 0.466 e. The van der Waals surface area contributed by atoms with Crippen LogP contribution in [0.3, 0.4) is 0 Å². The molecule has 0 saturated heterocycles. The second-order valence-corrected chi connectivity index (χ2v) is 4.78. The summed E-state index contributed by atoms with van der Waals surface area (Å²) in [6.07, 6.45) is -1.47. The zero-order valence-corrected chi connectivity index (χ0v) is 12.7. The molecule has 0 amide bonds. The molecule has 0 N–H and O–H groups in total. The van der Waals surface area contributed by atoms with Crippen molar-refractivity contribution in [2.24, 2.45) is 0 Å². The molecule has 18 heavy (non-hydrogen) atoms. The normalized spacial score (nSPS) is 10.8. The predicted molar refractivity (Wildman–Crippen MR) is 69.9 cm³/mol. The van der Waals surface area contributed by atoms with E-state index in [-0.39, 0.29) is 35.2 Å². The Bertz CT molecular complexity index is 441. The van der Waals surface area contributed by atoms with Gasteiger partial charge < -0.3 is 4.74 Å². The molecule has 0 spiro atoms. The van der Waals surface area contributed by atoms with Crippen molar-refractivity contribution < 1.29 is 18.3 Å². The third-order valence-corrected chi connectivity index (χ3v) is 3.44. The van der Waals surface area contributed by atoms with Crippen LogP contribution in [0.25, 0.3) is 0 Å². The summed E-state index contributed by atoms with van der Waals surface area (Å²) >= 11 is 6.24. The Morgan fingerprint density at radius 3 is 2.72 bits per heavy atom. The van der Waals surface area contributed by atoms with Gasteiger partial charge in [0.1, 0.15) is 0 Å². The second-order valence-electron chi connectivity index (χ2n) is 3.36. The number of hydrogen-bond acceptors (Lipinski definition) is 3. The topological polar surface area (TPSA) is 39.2 Å². The second kappa shape index (κ2) is 7.13. The highest BCUT2D eigenvalue weighted by Gasteiger charge is 2.23. The summed E-state index contributed by atoms with van der Waals surface area (Å²) in [6, 6.07) is 0.